The largest absolute Gasteiger partial charge is 0.493 e. The number of fused-ring (bicyclic) bond motifs is 1. The Morgan fingerprint density at radius 2 is 2.10 bits per heavy atom. The molecule has 29 heavy (non-hydrogen) atoms. The van der Waals surface area contributed by atoms with Crippen LogP contribution in [-0.2, 0) is 4.74 Å². The number of aromatic nitrogens is 2. The van der Waals surface area contributed by atoms with E-state index in [9.17, 15) is 4.79 Å². The molecule has 0 radical (unpaired) electrons. The second kappa shape index (κ2) is 7.57. The number of ether oxygens (including phenoxy) is 3. The van der Waals surface area contributed by atoms with Gasteiger partial charge in [-0.15, -0.1) is 0 Å². The lowest BCUT2D eigenvalue weighted by Crippen LogP contribution is -2.35. The van der Waals surface area contributed by atoms with Crippen molar-refractivity contribution in [2.45, 2.75) is 50.5 Å². The Hall–Kier alpha value is -2.19. The summed E-state index contributed by atoms with van der Waals surface area (Å²) in [6, 6.07) is 5.90. The molecule has 7 nitrogen and oxygen atoms in total. The van der Waals surface area contributed by atoms with Gasteiger partial charge in [-0.1, -0.05) is 23.9 Å². The molecular formula is C21H27N3O4S. The molecule has 0 bridgehead atoms. The number of nitrogens with one attached hydrogen (secondary N) is 1. The monoisotopic (exact) mass is 417 g/mol. The van der Waals surface area contributed by atoms with Crippen LogP contribution in [-0.4, -0.2) is 41.3 Å². The van der Waals surface area contributed by atoms with Crippen LogP contribution in [0.5, 0.6) is 11.5 Å². The molecule has 0 unspecified atom stereocenters. The van der Waals surface area contributed by atoms with Gasteiger partial charge in [0.1, 0.15) is 0 Å². The first-order valence-electron chi connectivity index (χ1n) is 9.76. The Balaban J connectivity index is 1.84. The quantitative estimate of drug-likeness (QED) is 0.806. The van der Waals surface area contributed by atoms with Crippen molar-refractivity contribution in [2.75, 3.05) is 20.8 Å². The van der Waals surface area contributed by atoms with Crippen LogP contribution in [0, 0.1) is 0 Å². The third kappa shape index (κ3) is 3.59. The molecular weight excluding hydrogens is 390 g/mol. The molecule has 1 fully saturated rings. The number of H-pyrrole nitrogens is 1. The first kappa shape index (κ1) is 20.1. The highest BCUT2D eigenvalue weighted by molar-refractivity contribution is 8.14. The summed E-state index contributed by atoms with van der Waals surface area (Å²) in [5, 5.41) is 3.75. The van der Waals surface area contributed by atoms with Gasteiger partial charge < -0.3 is 14.2 Å². The van der Waals surface area contributed by atoms with Crippen LogP contribution in [0.4, 0.5) is 5.82 Å². The summed E-state index contributed by atoms with van der Waals surface area (Å²) < 4.78 is 18.9. The summed E-state index contributed by atoms with van der Waals surface area (Å²) in [6.07, 6.45) is 1.66. The van der Waals surface area contributed by atoms with Crippen LogP contribution in [0.2, 0.25) is 0 Å². The van der Waals surface area contributed by atoms with E-state index in [1.807, 2.05) is 29.8 Å². The van der Waals surface area contributed by atoms with Crippen molar-refractivity contribution in [1.29, 1.82) is 0 Å². The van der Waals surface area contributed by atoms with Gasteiger partial charge in [-0.25, -0.2) is 4.99 Å². The zero-order valence-corrected chi connectivity index (χ0v) is 18.3. The van der Waals surface area contributed by atoms with Gasteiger partial charge in [0.25, 0.3) is 5.56 Å². The molecule has 2 aliphatic heterocycles. The number of methoxy groups -OCH3 is 2. The van der Waals surface area contributed by atoms with Crippen molar-refractivity contribution in [3.05, 3.63) is 39.7 Å². The molecule has 0 saturated carbocycles. The average molecular weight is 418 g/mol. The first-order chi connectivity index (χ1) is 13.8. The first-order valence-corrected chi connectivity index (χ1v) is 10.6. The molecule has 2 aromatic rings. The Morgan fingerprint density at radius 1 is 1.31 bits per heavy atom. The second-order valence-electron chi connectivity index (χ2n) is 8.01. The van der Waals surface area contributed by atoms with Gasteiger partial charge in [0, 0.05) is 12.2 Å². The molecule has 1 aromatic heterocycles. The predicted octanol–water partition coefficient (Wildman–Crippen LogP) is 4.21. The summed E-state index contributed by atoms with van der Waals surface area (Å²) in [7, 11) is 3.24. The minimum atomic E-state index is -0.228. The fraction of sp³-hybridized carbons (Fsp3) is 0.524. The van der Waals surface area contributed by atoms with E-state index in [0.29, 0.717) is 29.5 Å². The van der Waals surface area contributed by atoms with Gasteiger partial charge in [-0.2, -0.15) is 0 Å². The average Bonchev–Trinajstić information content (AvgIpc) is 3.02. The molecule has 0 spiro atoms. The van der Waals surface area contributed by atoms with Gasteiger partial charge in [0.15, 0.2) is 17.3 Å². The number of hydrogen-bond acceptors (Lipinski definition) is 6. The number of para-hydroxylation sites is 1. The highest BCUT2D eigenvalue weighted by Crippen LogP contribution is 2.49. The van der Waals surface area contributed by atoms with Crippen molar-refractivity contribution < 1.29 is 14.2 Å². The number of hydrogen-bond donors (Lipinski definition) is 1. The fourth-order valence-electron chi connectivity index (χ4n) is 4.23. The normalized spacial score (nSPS) is 23.3. The third-order valence-electron chi connectivity index (χ3n) is 5.50. The number of aromatic amines is 1. The zero-order chi connectivity index (χ0) is 20.8. The maximum absolute atomic E-state index is 13.1. The lowest BCUT2D eigenvalue weighted by molar-refractivity contribution is -0.0705. The van der Waals surface area contributed by atoms with Crippen molar-refractivity contribution in [3.63, 3.8) is 0 Å². The van der Waals surface area contributed by atoms with Crippen molar-refractivity contribution >= 4 is 22.6 Å². The van der Waals surface area contributed by atoms with E-state index >= 15 is 0 Å². The summed E-state index contributed by atoms with van der Waals surface area (Å²) in [4.78, 5) is 17.8. The summed E-state index contributed by atoms with van der Waals surface area (Å²) >= 11 is 1.56. The van der Waals surface area contributed by atoms with E-state index in [0.717, 1.165) is 23.4 Å². The van der Waals surface area contributed by atoms with Gasteiger partial charge in [0.05, 0.1) is 41.7 Å². The fourth-order valence-corrected chi connectivity index (χ4v) is 5.35. The van der Waals surface area contributed by atoms with E-state index in [1.165, 1.54) is 0 Å². The maximum atomic E-state index is 13.1. The van der Waals surface area contributed by atoms with Gasteiger partial charge in [-0.05, 0) is 39.7 Å². The molecule has 1 N–H and O–H groups in total. The third-order valence-corrected chi connectivity index (χ3v) is 6.66. The molecule has 156 valence electrons. The minimum Gasteiger partial charge on any atom is -0.493 e. The second-order valence-corrected chi connectivity index (χ2v) is 9.31. The Labute approximate surface area is 174 Å². The molecule has 0 aliphatic carbocycles. The molecule has 1 saturated heterocycles. The SMILES string of the molecule is COc1cccc([C@H]2SC(C)=Nc3c2c(=O)[nH]n3[C@@H]2CCOC(C)(C)C2)c1OC. The lowest BCUT2D eigenvalue weighted by atomic mass is 9.94. The van der Waals surface area contributed by atoms with E-state index in [1.54, 1.807) is 26.0 Å². The van der Waals surface area contributed by atoms with Crippen LogP contribution in [0.1, 0.15) is 56.0 Å². The number of rotatable bonds is 4. The van der Waals surface area contributed by atoms with Crippen LogP contribution >= 0.6 is 11.8 Å². The molecule has 3 heterocycles. The Kier molecular flexibility index (Phi) is 5.25. The van der Waals surface area contributed by atoms with Crippen LogP contribution in [0.15, 0.2) is 28.0 Å². The van der Waals surface area contributed by atoms with Crippen molar-refractivity contribution in [3.8, 4) is 11.5 Å². The van der Waals surface area contributed by atoms with E-state index < -0.39 is 0 Å². The van der Waals surface area contributed by atoms with Crippen LogP contribution in [0.25, 0.3) is 0 Å². The predicted molar refractivity (Wildman–Crippen MR) is 115 cm³/mol. The van der Waals surface area contributed by atoms with E-state index in [4.69, 9.17) is 19.2 Å². The molecule has 0 amide bonds. The summed E-state index contributed by atoms with van der Waals surface area (Å²) in [6.45, 7) is 6.81. The number of benzene rings is 1. The molecule has 2 aliphatic rings. The molecule has 4 rings (SSSR count). The maximum Gasteiger partial charge on any atom is 0.271 e. The summed E-state index contributed by atoms with van der Waals surface area (Å²) in [5.41, 5.74) is 1.23. The Morgan fingerprint density at radius 3 is 2.79 bits per heavy atom. The molecule has 1 aromatic carbocycles. The van der Waals surface area contributed by atoms with Gasteiger partial charge in [-0.3, -0.25) is 14.6 Å². The number of aliphatic imine (C=N–C) groups is 1. The number of nitrogens with zero attached hydrogens (tertiary/aromatic N) is 2. The van der Waals surface area contributed by atoms with Crippen LogP contribution < -0.4 is 15.0 Å². The topological polar surface area (TPSA) is 77.8 Å². The van der Waals surface area contributed by atoms with Crippen molar-refractivity contribution in [1.82, 2.24) is 9.78 Å². The molecule has 2 atom stereocenters. The van der Waals surface area contributed by atoms with Crippen molar-refractivity contribution in [2.24, 2.45) is 4.99 Å². The minimum absolute atomic E-state index is 0.108. The zero-order valence-electron chi connectivity index (χ0n) is 17.4. The van der Waals surface area contributed by atoms with Crippen LogP contribution in [0.3, 0.4) is 0 Å². The molecule has 8 heteroatoms. The van der Waals surface area contributed by atoms with E-state index in [-0.39, 0.29) is 22.5 Å². The highest BCUT2D eigenvalue weighted by atomic mass is 32.2. The van der Waals surface area contributed by atoms with Gasteiger partial charge >= 0.3 is 0 Å². The number of thioether (sulfide) groups is 1. The summed E-state index contributed by atoms with van der Waals surface area (Å²) in [5.74, 6) is 2.01. The Bertz CT molecular complexity index is 1010. The smallest absolute Gasteiger partial charge is 0.271 e. The highest BCUT2D eigenvalue weighted by Gasteiger charge is 2.36. The van der Waals surface area contributed by atoms with E-state index in [2.05, 4.69) is 18.9 Å². The standard InChI is InChI=1S/C21H27N3O4S/c1-12-22-19-16(18(29-12)14-7-6-8-15(26-4)17(14)27-5)20(25)23-24(19)13-9-10-28-21(2,3)11-13/h6-8,13,18H,9-11H2,1-5H3,(H,23,25)/t13-,18-/m1/s1. The van der Waals surface area contributed by atoms with Gasteiger partial charge in [0.2, 0.25) is 0 Å². The lowest BCUT2D eigenvalue weighted by Gasteiger charge is -2.36.